The quantitative estimate of drug-likeness (QED) is 0.790. The highest BCUT2D eigenvalue weighted by atomic mass is 16.5. The molecule has 4 heteroatoms. The molecule has 1 fully saturated rings. The van der Waals surface area contributed by atoms with E-state index in [2.05, 4.69) is 25.2 Å². The van der Waals surface area contributed by atoms with Crippen molar-refractivity contribution in [1.29, 1.82) is 5.26 Å². The molecule has 0 aliphatic heterocycles. The number of methoxy groups -OCH3 is 1. The average molecular weight is 254 g/mol. The SMILES string of the molecule is CNC1(C#N)CCCC(OCCC(C)(C)OC)C1. The summed E-state index contributed by atoms with van der Waals surface area (Å²) in [6.45, 7) is 4.81. The van der Waals surface area contributed by atoms with Gasteiger partial charge in [0.05, 0.1) is 17.8 Å². The van der Waals surface area contributed by atoms with Gasteiger partial charge in [-0.15, -0.1) is 0 Å². The molecular formula is C14H26N2O2. The van der Waals surface area contributed by atoms with Crippen LogP contribution in [0.5, 0.6) is 0 Å². The Hall–Kier alpha value is -0.630. The Kier molecular flexibility index (Phi) is 5.58. The molecule has 1 aliphatic rings. The summed E-state index contributed by atoms with van der Waals surface area (Å²) < 4.78 is 11.3. The van der Waals surface area contributed by atoms with Gasteiger partial charge in [0.2, 0.25) is 0 Å². The summed E-state index contributed by atoms with van der Waals surface area (Å²) >= 11 is 0. The van der Waals surface area contributed by atoms with Gasteiger partial charge in [-0.05, 0) is 46.6 Å². The Labute approximate surface area is 111 Å². The first-order valence-corrected chi connectivity index (χ1v) is 6.74. The second kappa shape index (κ2) is 6.51. The lowest BCUT2D eigenvalue weighted by atomic mass is 9.81. The van der Waals surface area contributed by atoms with Crippen molar-refractivity contribution < 1.29 is 9.47 Å². The largest absolute Gasteiger partial charge is 0.379 e. The van der Waals surface area contributed by atoms with Crippen LogP contribution in [0.2, 0.25) is 0 Å². The van der Waals surface area contributed by atoms with E-state index in [0.29, 0.717) is 6.61 Å². The summed E-state index contributed by atoms with van der Waals surface area (Å²) in [5.74, 6) is 0. The van der Waals surface area contributed by atoms with Crippen LogP contribution in [-0.4, -0.2) is 38.0 Å². The van der Waals surface area contributed by atoms with E-state index in [0.717, 1.165) is 32.1 Å². The van der Waals surface area contributed by atoms with Gasteiger partial charge >= 0.3 is 0 Å². The van der Waals surface area contributed by atoms with Crippen molar-refractivity contribution >= 4 is 0 Å². The molecule has 1 N–H and O–H groups in total. The van der Waals surface area contributed by atoms with Crippen molar-refractivity contribution in [1.82, 2.24) is 5.32 Å². The lowest BCUT2D eigenvalue weighted by molar-refractivity contribution is -0.0401. The maximum atomic E-state index is 9.26. The molecule has 18 heavy (non-hydrogen) atoms. The van der Waals surface area contributed by atoms with Gasteiger partial charge in [0.15, 0.2) is 0 Å². The first kappa shape index (κ1) is 15.4. The summed E-state index contributed by atoms with van der Waals surface area (Å²) in [6.07, 6.45) is 4.87. The number of nitrogens with zero attached hydrogens (tertiary/aromatic N) is 1. The number of nitrogens with one attached hydrogen (secondary N) is 1. The smallest absolute Gasteiger partial charge is 0.109 e. The number of rotatable bonds is 6. The highest BCUT2D eigenvalue weighted by Gasteiger charge is 2.35. The maximum Gasteiger partial charge on any atom is 0.109 e. The third-order valence-electron chi connectivity index (χ3n) is 4.01. The predicted molar refractivity (Wildman–Crippen MR) is 71.3 cm³/mol. The standard InChI is InChI=1S/C14H26N2O2/c1-13(2,17-4)8-9-18-12-6-5-7-14(10-12,11-15)16-3/h12,16H,5-10H2,1-4H3. The zero-order valence-corrected chi connectivity index (χ0v) is 12.1. The van der Waals surface area contributed by atoms with Crippen LogP contribution >= 0.6 is 0 Å². The number of hydrogen-bond acceptors (Lipinski definition) is 4. The van der Waals surface area contributed by atoms with E-state index < -0.39 is 0 Å². The van der Waals surface area contributed by atoms with Gasteiger partial charge in [0, 0.05) is 20.1 Å². The molecule has 104 valence electrons. The second-order valence-electron chi connectivity index (χ2n) is 5.75. The van der Waals surface area contributed by atoms with Crippen molar-refractivity contribution in [3.63, 3.8) is 0 Å². The third-order valence-corrected chi connectivity index (χ3v) is 4.01. The summed E-state index contributed by atoms with van der Waals surface area (Å²) in [7, 11) is 3.59. The van der Waals surface area contributed by atoms with Crippen molar-refractivity contribution in [2.45, 2.75) is 63.2 Å². The monoisotopic (exact) mass is 254 g/mol. The van der Waals surface area contributed by atoms with Gasteiger partial charge in [-0.3, -0.25) is 0 Å². The molecule has 1 rings (SSSR count). The lowest BCUT2D eigenvalue weighted by Crippen LogP contribution is -2.47. The van der Waals surface area contributed by atoms with E-state index in [1.165, 1.54) is 0 Å². The van der Waals surface area contributed by atoms with Crippen LogP contribution in [0.4, 0.5) is 0 Å². The Morgan fingerprint density at radius 1 is 1.50 bits per heavy atom. The minimum Gasteiger partial charge on any atom is -0.379 e. The second-order valence-corrected chi connectivity index (χ2v) is 5.75. The first-order valence-electron chi connectivity index (χ1n) is 6.74. The molecular weight excluding hydrogens is 228 g/mol. The Balaban J connectivity index is 2.38. The van der Waals surface area contributed by atoms with Crippen molar-refractivity contribution in [3.05, 3.63) is 0 Å². The van der Waals surface area contributed by atoms with Crippen LogP contribution < -0.4 is 5.32 Å². The molecule has 0 bridgehead atoms. The van der Waals surface area contributed by atoms with E-state index >= 15 is 0 Å². The van der Waals surface area contributed by atoms with Crippen LogP contribution in [0.15, 0.2) is 0 Å². The molecule has 2 unspecified atom stereocenters. The van der Waals surface area contributed by atoms with E-state index in [4.69, 9.17) is 9.47 Å². The highest BCUT2D eigenvalue weighted by Crippen LogP contribution is 2.29. The Morgan fingerprint density at radius 2 is 2.22 bits per heavy atom. The number of nitriles is 1. The minimum absolute atomic E-state index is 0.135. The van der Waals surface area contributed by atoms with Gasteiger partial charge in [0.1, 0.15) is 5.54 Å². The molecule has 0 saturated heterocycles. The van der Waals surface area contributed by atoms with Crippen molar-refractivity contribution in [2.24, 2.45) is 0 Å². The molecule has 1 aliphatic carbocycles. The normalized spacial score (nSPS) is 28.9. The van der Waals surface area contributed by atoms with Gasteiger partial charge in [-0.2, -0.15) is 5.26 Å². The molecule has 0 radical (unpaired) electrons. The highest BCUT2D eigenvalue weighted by molar-refractivity contribution is 5.09. The molecule has 0 aromatic heterocycles. The summed E-state index contributed by atoms with van der Waals surface area (Å²) in [6, 6.07) is 2.40. The minimum atomic E-state index is -0.389. The van der Waals surface area contributed by atoms with Gasteiger partial charge in [-0.25, -0.2) is 0 Å². The molecule has 0 heterocycles. The van der Waals surface area contributed by atoms with E-state index in [1.807, 2.05) is 7.05 Å². The van der Waals surface area contributed by atoms with E-state index in [-0.39, 0.29) is 17.2 Å². The molecule has 2 atom stereocenters. The van der Waals surface area contributed by atoms with Crippen LogP contribution in [0.3, 0.4) is 0 Å². The molecule has 4 nitrogen and oxygen atoms in total. The molecule has 0 aromatic carbocycles. The molecule has 0 aromatic rings. The average Bonchev–Trinajstić information content (AvgIpc) is 2.39. The summed E-state index contributed by atoms with van der Waals surface area (Å²) in [5.41, 5.74) is -0.524. The van der Waals surface area contributed by atoms with Crippen LogP contribution in [-0.2, 0) is 9.47 Å². The predicted octanol–water partition coefficient (Wildman–Crippen LogP) is 2.24. The summed E-state index contributed by atoms with van der Waals surface area (Å²) in [5, 5.41) is 12.4. The van der Waals surface area contributed by atoms with Crippen molar-refractivity contribution in [3.8, 4) is 6.07 Å². The fraction of sp³-hybridized carbons (Fsp3) is 0.929. The third kappa shape index (κ3) is 4.24. The first-order chi connectivity index (χ1) is 8.47. The summed E-state index contributed by atoms with van der Waals surface area (Å²) in [4.78, 5) is 0. The lowest BCUT2D eigenvalue weighted by Gasteiger charge is -2.35. The fourth-order valence-electron chi connectivity index (χ4n) is 2.32. The fourth-order valence-corrected chi connectivity index (χ4v) is 2.32. The van der Waals surface area contributed by atoms with E-state index in [9.17, 15) is 5.26 Å². The zero-order chi connectivity index (χ0) is 13.6. The van der Waals surface area contributed by atoms with Crippen molar-refractivity contribution in [2.75, 3.05) is 20.8 Å². The van der Waals surface area contributed by atoms with Crippen LogP contribution in [0.1, 0.15) is 46.0 Å². The Bertz CT molecular complexity index is 299. The van der Waals surface area contributed by atoms with Gasteiger partial charge in [0.25, 0.3) is 0 Å². The van der Waals surface area contributed by atoms with Gasteiger partial charge < -0.3 is 14.8 Å². The Morgan fingerprint density at radius 3 is 2.78 bits per heavy atom. The zero-order valence-electron chi connectivity index (χ0n) is 12.1. The van der Waals surface area contributed by atoms with Crippen LogP contribution in [0, 0.1) is 11.3 Å². The molecule has 1 saturated carbocycles. The number of hydrogen-bond donors (Lipinski definition) is 1. The molecule has 0 amide bonds. The van der Waals surface area contributed by atoms with Crippen LogP contribution in [0.25, 0.3) is 0 Å². The maximum absolute atomic E-state index is 9.26. The molecule has 0 spiro atoms. The van der Waals surface area contributed by atoms with Gasteiger partial charge in [-0.1, -0.05) is 0 Å². The van der Waals surface area contributed by atoms with E-state index in [1.54, 1.807) is 7.11 Å². The number of ether oxygens (including phenoxy) is 2. The topological polar surface area (TPSA) is 54.3 Å².